The highest BCUT2D eigenvalue weighted by Crippen LogP contribution is 2.32. The summed E-state index contributed by atoms with van der Waals surface area (Å²) < 4.78 is 12.9. The van der Waals surface area contributed by atoms with Gasteiger partial charge in [-0.3, -0.25) is 0 Å². The van der Waals surface area contributed by atoms with Crippen LogP contribution in [0.4, 0.5) is 4.39 Å². The largest absolute Gasteiger partial charge is 0.506 e. The molecule has 0 aliphatic carbocycles. The van der Waals surface area contributed by atoms with Crippen LogP contribution in [0, 0.1) is 5.95 Å². The Hall–Kier alpha value is -1.32. The Bertz CT molecular complexity index is 525. The molecule has 0 aliphatic heterocycles. The molecule has 0 radical (unpaired) electrons. The maximum absolute atomic E-state index is 12.9. The third kappa shape index (κ3) is 2.26. The number of hydrogen-bond donors (Lipinski definition) is 1. The molecular weight excluding hydrogens is 252 g/mol. The molecule has 5 heteroatoms. The molecule has 0 saturated carbocycles. The molecular formula is C11H6Cl2FNO. The quantitative estimate of drug-likeness (QED) is 0.787. The normalized spacial score (nSPS) is 10.4. The van der Waals surface area contributed by atoms with Gasteiger partial charge in [0.1, 0.15) is 5.75 Å². The summed E-state index contributed by atoms with van der Waals surface area (Å²) >= 11 is 11.6. The Kier molecular flexibility index (Phi) is 2.99. The molecule has 1 N–H and O–H groups in total. The Labute approximate surface area is 101 Å². The SMILES string of the molecule is Oc1cnc(F)cc1-c1cc(Cl)cc(Cl)c1. The van der Waals surface area contributed by atoms with Crippen LogP contribution < -0.4 is 0 Å². The molecule has 0 fully saturated rings. The highest BCUT2D eigenvalue weighted by molar-refractivity contribution is 6.35. The summed E-state index contributed by atoms with van der Waals surface area (Å²) in [7, 11) is 0. The summed E-state index contributed by atoms with van der Waals surface area (Å²) in [6, 6.07) is 5.85. The van der Waals surface area contributed by atoms with Gasteiger partial charge in [0.25, 0.3) is 0 Å². The lowest BCUT2D eigenvalue weighted by Crippen LogP contribution is -1.86. The second-order valence-electron chi connectivity index (χ2n) is 3.18. The summed E-state index contributed by atoms with van der Waals surface area (Å²) in [5.74, 6) is -0.802. The first kappa shape index (κ1) is 11.2. The lowest BCUT2D eigenvalue weighted by atomic mass is 10.1. The minimum Gasteiger partial charge on any atom is -0.506 e. The van der Waals surface area contributed by atoms with Crippen LogP contribution in [0.2, 0.25) is 10.0 Å². The van der Waals surface area contributed by atoms with Crippen molar-refractivity contribution in [1.82, 2.24) is 4.98 Å². The fourth-order valence-electron chi connectivity index (χ4n) is 1.36. The lowest BCUT2D eigenvalue weighted by molar-refractivity contribution is 0.469. The van der Waals surface area contributed by atoms with Crippen LogP contribution >= 0.6 is 23.2 Å². The third-order valence-electron chi connectivity index (χ3n) is 2.02. The number of nitrogens with zero attached hydrogens (tertiary/aromatic N) is 1. The molecule has 0 bridgehead atoms. The zero-order chi connectivity index (χ0) is 11.7. The molecule has 1 heterocycles. The van der Waals surface area contributed by atoms with E-state index in [9.17, 15) is 9.50 Å². The predicted molar refractivity (Wildman–Crippen MR) is 61.3 cm³/mol. The first-order chi connectivity index (χ1) is 7.56. The van der Waals surface area contributed by atoms with Crippen LogP contribution in [0.25, 0.3) is 11.1 Å². The number of halogens is 3. The summed E-state index contributed by atoms with van der Waals surface area (Å²) in [5, 5.41) is 10.4. The molecule has 1 aromatic heterocycles. The van der Waals surface area contributed by atoms with Gasteiger partial charge in [-0.2, -0.15) is 4.39 Å². The molecule has 0 atom stereocenters. The van der Waals surface area contributed by atoms with E-state index in [1.54, 1.807) is 18.2 Å². The van der Waals surface area contributed by atoms with Crippen LogP contribution in [0.3, 0.4) is 0 Å². The van der Waals surface area contributed by atoms with E-state index in [-0.39, 0.29) is 5.75 Å². The molecule has 0 unspecified atom stereocenters. The third-order valence-corrected chi connectivity index (χ3v) is 2.46. The smallest absolute Gasteiger partial charge is 0.213 e. The molecule has 0 spiro atoms. The number of hydrogen-bond acceptors (Lipinski definition) is 2. The molecule has 2 nitrogen and oxygen atoms in total. The number of benzene rings is 1. The Morgan fingerprint density at radius 2 is 1.69 bits per heavy atom. The van der Waals surface area contributed by atoms with E-state index in [4.69, 9.17) is 23.2 Å². The van der Waals surface area contributed by atoms with Crippen molar-refractivity contribution in [2.75, 3.05) is 0 Å². The highest BCUT2D eigenvalue weighted by Gasteiger charge is 2.08. The zero-order valence-corrected chi connectivity index (χ0v) is 9.43. The fourth-order valence-corrected chi connectivity index (χ4v) is 1.89. The van der Waals surface area contributed by atoms with Gasteiger partial charge >= 0.3 is 0 Å². The molecule has 0 aliphatic rings. The van der Waals surface area contributed by atoms with E-state index >= 15 is 0 Å². The second-order valence-corrected chi connectivity index (χ2v) is 4.06. The summed E-state index contributed by atoms with van der Waals surface area (Å²) in [4.78, 5) is 3.33. The van der Waals surface area contributed by atoms with E-state index < -0.39 is 5.95 Å². The molecule has 0 amide bonds. The molecule has 1 aromatic carbocycles. The standard InChI is InChI=1S/C11H6Cl2FNO/c12-7-1-6(2-8(13)3-7)9-4-11(14)15-5-10(9)16/h1-5,16H. The van der Waals surface area contributed by atoms with E-state index in [2.05, 4.69) is 4.98 Å². The maximum atomic E-state index is 12.9. The van der Waals surface area contributed by atoms with Crippen LogP contribution in [0.1, 0.15) is 0 Å². The van der Waals surface area contributed by atoms with Crippen molar-refractivity contribution in [1.29, 1.82) is 0 Å². The molecule has 0 saturated heterocycles. The number of aromatic nitrogens is 1. The molecule has 2 rings (SSSR count). The van der Waals surface area contributed by atoms with Crippen molar-refractivity contribution in [3.63, 3.8) is 0 Å². The Morgan fingerprint density at radius 1 is 1.06 bits per heavy atom. The highest BCUT2D eigenvalue weighted by atomic mass is 35.5. The Balaban J connectivity index is 2.62. The van der Waals surface area contributed by atoms with Gasteiger partial charge in [0.05, 0.1) is 6.20 Å². The van der Waals surface area contributed by atoms with Gasteiger partial charge in [-0.15, -0.1) is 0 Å². The van der Waals surface area contributed by atoms with Gasteiger partial charge in [-0.05, 0) is 23.8 Å². The first-order valence-electron chi connectivity index (χ1n) is 4.37. The average Bonchev–Trinajstić information content (AvgIpc) is 2.20. The van der Waals surface area contributed by atoms with Crippen molar-refractivity contribution in [3.05, 3.63) is 46.5 Å². The monoisotopic (exact) mass is 257 g/mol. The van der Waals surface area contributed by atoms with E-state index in [1.807, 2.05) is 0 Å². The van der Waals surface area contributed by atoms with E-state index in [1.165, 1.54) is 0 Å². The topological polar surface area (TPSA) is 33.1 Å². The minimum atomic E-state index is -0.677. The number of rotatable bonds is 1. The van der Waals surface area contributed by atoms with E-state index in [0.717, 1.165) is 12.3 Å². The first-order valence-corrected chi connectivity index (χ1v) is 5.13. The van der Waals surface area contributed by atoms with Crippen molar-refractivity contribution in [3.8, 4) is 16.9 Å². The van der Waals surface area contributed by atoms with E-state index in [0.29, 0.717) is 21.2 Å². The van der Waals surface area contributed by atoms with Gasteiger partial charge in [0, 0.05) is 21.7 Å². The number of aromatic hydroxyl groups is 1. The molecule has 16 heavy (non-hydrogen) atoms. The van der Waals surface area contributed by atoms with Gasteiger partial charge < -0.3 is 5.11 Å². The van der Waals surface area contributed by atoms with Gasteiger partial charge in [0.15, 0.2) is 0 Å². The van der Waals surface area contributed by atoms with Crippen LogP contribution in [-0.4, -0.2) is 10.1 Å². The second kappa shape index (κ2) is 4.28. The number of pyridine rings is 1. The molecule has 82 valence electrons. The van der Waals surface area contributed by atoms with Crippen molar-refractivity contribution < 1.29 is 9.50 Å². The predicted octanol–water partition coefficient (Wildman–Crippen LogP) is 3.90. The Morgan fingerprint density at radius 3 is 2.31 bits per heavy atom. The zero-order valence-electron chi connectivity index (χ0n) is 7.92. The summed E-state index contributed by atoms with van der Waals surface area (Å²) in [5.41, 5.74) is 0.841. The molecule has 2 aromatic rings. The van der Waals surface area contributed by atoms with Gasteiger partial charge in [-0.25, -0.2) is 4.98 Å². The fraction of sp³-hybridized carbons (Fsp3) is 0. The van der Waals surface area contributed by atoms with Crippen molar-refractivity contribution in [2.45, 2.75) is 0 Å². The van der Waals surface area contributed by atoms with Crippen molar-refractivity contribution >= 4 is 23.2 Å². The summed E-state index contributed by atoms with van der Waals surface area (Å²) in [6.07, 6.45) is 1.04. The summed E-state index contributed by atoms with van der Waals surface area (Å²) in [6.45, 7) is 0. The minimum absolute atomic E-state index is 0.125. The van der Waals surface area contributed by atoms with Gasteiger partial charge in [-0.1, -0.05) is 23.2 Å². The van der Waals surface area contributed by atoms with Crippen LogP contribution in [0.15, 0.2) is 30.5 Å². The van der Waals surface area contributed by atoms with Crippen molar-refractivity contribution in [2.24, 2.45) is 0 Å². The lowest BCUT2D eigenvalue weighted by Gasteiger charge is -2.05. The maximum Gasteiger partial charge on any atom is 0.213 e. The average molecular weight is 258 g/mol. The van der Waals surface area contributed by atoms with Crippen LogP contribution in [0.5, 0.6) is 5.75 Å². The van der Waals surface area contributed by atoms with Crippen LogP contribution in [-0.2, 0) is 0 Å². The van der Waals surface area contributed by atoms with Gasteiger partial charge in [0.2, 0.25) is 5.95 Å².